The third-order valence-corrected chi connectivity index (χ3v) is 10.0. The Morgan fingerprint density at radius 1 is 0.704 bits per heavy atom. The van der Waals surface area contributed by atoms with Crippen molar-refractivity contribution in [2.45, 2.75) is 29.3 Å². The van der Waals surface area contributed by atoms with Crippen molar-refractivity contribution in [1.82, 2.24) is 39.7 Å². The molecule has 0 bridgehead atoms. The number of rotatable bonds is 13. The van der Waals surface area contributed by atoms with Crippen molar-refractivity contribution in [2.24, 2.45) is 0 Å². The van der Waals surface area contributed by atoms with Crippen LogP contribution in [0.4, 0.5) is 11.6 Å². The van der Waals surface area contributed by atoms with Gasteiger partial charge in [0.15, 0.2) is 21.3 Å². The third kappa shape index (κ3) is 13.4. The Kier molecular flexibility index (Phi) is 19.6. The number of halogens is 1. The number of aromatic nitrogens is 6. The molecule has 3 N–H and O–H groups in total. The topological polar surface area (TPSA) is 211 Å². The number of carbonyl (C=O) groups excluding carboxylic acids is 2. The average Bonchev–Trinajstić information content (AvgIpc) is 3.18. The van der Waals surface area contributed by atoms with Crippen LogP contribution in [0, 0.1) is 0 Å². The van der Waals surface area contributed by atoms with Gasteiger partial charge in [0, 0.05) is 84.0 Å². The number of anilines is 2. The monoisotopic (exact) mass is 826 g/mol. The van der Waals surface area contributed by atoms with Crippen LogP contribution < -0.4 is 9.80 Å². The number of aliphatic hydroxyl groups excluding tert-OH is 2. The number of hydrogen-bond donors (Lipinski definition) is 3. The molecule has 2 aliphatic rings. The van der Waals surface area contributed by atoms with Gasteiger partial charge in [-0.25, -0.2) is 39.5 Å². The van der Waals surface area contributed by atoms with Crippen molar-refractivity contribution in [1.29, 1.82) is 0 Å². The number of thioether (sulfide) groups is 3. The molecule has 2 fully saturated rings. The van der Waals surface area contributed by atoms with Gasteiger partial charge in [-0.3, -0.25) is 14.6 Å². The van der Waals surface area contributed by atoms with Gasteiger partial charge >= 0.3 is 11.9 Å². The molecule has 296 valence electrons. The summed E-state index contributed by atoms with van der Waals surface area (Å²) < 4.78 is 5.10. The molecule has 0 spiro atoms. The van der Waals surface area contributed by atoms with Crippen LogP contribution in [0.15, 0.2) is 34.1 Å². The molecule has 3 aromatic rings. The Labute approximate surface area is 332 Å². The van der Waals surface area contributed by atoms with Gasteiger partial charge in [0.05, 0.1) is 25.4 Å². The zero-order chi connectivity index (χ0) is 39.6. The lowest BCUT2D eigenvalue weighted by atomic mass is 10.2. The van der Waals surface area contributed by atoms with Gasteiger partial charge in [-0.15, -0.1) is 0 Å². The summed E-state index contributed by atoms with van der Waals surface area (Å²) in [6.07, 6.45) is 9.98. The molecule has 17 nitrogen and oxygen atoms in total. The summed E-state index contributed by atoms with van der Waals surface area (Å²) in [6, 6.07) is 0. The average molecular weight is 827 g/mol. The molecule has 5 rings (SSSR count). The van der Waals surface area contributed by atoms with E-state index in [2.05, 4.69) is 44.6 Å². The maximum atomic E-state index is 12.1. The fraction of sp³-hybridized carbons (Fsp3) is 0.545. The van der Waals surface area contributed by atoms with E-state index in [1.54, 1.807) is 13.1 Å². The van der Waals surface area contributed by atoms with E-state index < -0.39 is 5.97 Å². The van der Waals surface area contributed by atoms with E-state index in [0.29, 0.717) is 71.0 Å². The molecule has 0 aromatic carbocycles. The number of ether oxygens (including phenoxy) is 1. The van der Waals surface area contributed by atoms with Crippen LogP contribution in [-0.4, -0.2) is 177 Å². The van der Waals surface area contributed by atoms with Gasteiger partial charge in [0.1, 0.15) is 27.9 Å². The lowest BCUT2D eigenvalue weighted by Gasteiger charge is -2.35. The second-order valence-electron chi connectivity index (χ2n) is 11.4. The molecule has 21 heteroatoms. The third-order valence-electron chi connectivity index (χ3n) is 8.04. The second-order valence-corrected chi connectivity index (χ2v) is 14.1. The van der Waals surface area contributed by atoms with Crippen molar-refractivity contribution >= 4 is 76.2 Å². The molecule has 54 heavy (non-hydrogen) atoms. The number of nitrogens with zero attached hydrogens (tertiary/aromatic N) is 10. The minimum absolute atomic E-state index is 0.118. The van der Waals surface area contributed by atoms with Crippen molar-refractivity contribution in [3.05, 3.63) is 40.4 Å². The standard InChI is InChI=1S/C14H22N4O3S.C12H18N4O3S.C7H7ClN2OS/c1-3-21-13(20)11-10-15-14(22-2)16-12(11)18-6-4-17(5-7-18)8-9-19;1-20-12-13-8-9(11(18)19)10(14-12)16-4-2-15(3-5-16)6-7-17;1-4(11)5-3-9-7(12-2)10-6(5)8/h10,19H,3-9H2,1-2H3;8,17H,2-7H2,1H3,(H,18,19);3H,1-2H3. The molecule has 5 heterocycles. The van der Waals surface area contributed by atoms with E-state index in [-0.39, 0.29) is 35.7 Å². The Balaban J connectivity index is 0.000000227. The number of carbonyl (C=O) groups is 3. The summed E-state index contributed by atoms with van der Waals surface area (Å²) in [5.41, 5.74) is 0.920. The number of aliphatic hydroxyl groups is 2. The smallest absolute Gasteiger partial charge is 0.343 e. The van der Waals surface area contributed by atoms with Gasteiger partial charge in [0.25, 0.3) is 0 Å². The van der Waals surface area contributed by atoms with E-state index >= 15 is 0 Å². The number of carboxylic acids is 1. The Bertz CT molecular complexity index is 1680. The number of Topliss-reactive ketones (excluding diaryl/α,β-unsaturated/α-hetero) is 1. The van der Waals surface area contributed by atoms with Crippen molar-refractivity contribution in [2.75, 3.05) is 114 Å². The van der Waals surface area contributed by atoms with Crippen LogP contribution in [0.1, 0.15) is 44.9 Å². The molecule has 0 unspecified atom stereocenters. The molecular weight excluding hydrogens is 780 g/mol. The fourth-order valence-electron chi connectivity index (χ4n) is 5.23. The summed E-state index contributed by atoms with van der Waals surface area (Å²) in [5.74, 6) is -0.386. The van der Waals surface area contributed by atoms with E-state index in [1.165, 1.54) is 54.6 Å². The van der Waals surface area contributed by atoms with E-state index in [4.69, 9.17) is 26.6 Å². The van der Waals surface area contributed by atoms with Crippen molar-refractivity contribution in [3.63, 3.8) is 0 Å². The number of piperazine rings is 2. The largest absolute Gasteiger partial charge is 0.477 e. The highest BCUT2D eigenvalue weighted by Gasteiger charge is 2.25. The molecule has 0 amide bonds. The van der Waals surface area contributed by atoms with E-state index in [1.807, 2.05) is 23.7 Å². The zero-order valence-electron chi connectivity index (χ0n) is 31.0. The molecule has 0 aliphatic carbocycles. The minimum Gasteiger partial charge on any atom is -0.477 e. The van der Waals surface area contributed by atoms with E-state index in [9.17, 15) is 19.5 Å². The quantitative estimate of drug-likeness (QED) is 0.0743. The fourth-order valence-corrected chi connectivity index (χ4v) is 6.55. The predicted octanol–water partition coefficient (Wildman–Crippen LogP) is 2.56. The summed E-state index contributed by atoms with van der Waals surface area (Å²) >= 11 is 9.94. The number of ketones is 1. The minimum atomic E-state index is -1.01. The SMILES string of the molecule is CCOC(=O)c1cnc(SC)nc1N1CCN(CCO)CC1.CSc1ncc(C(=O)O)c(N2CCN(CCO)CC2)n1.CSc1ncc(C(C)=O)c(Cl)n1. The first kappa shape index (κ1) is 45.0. The van der Waals surface area contributed by atoms with Gasteiger partial charge in [-0.1, -0.05) is 46.9 Å². The highest BCUT2D eigenvalue weighted by molar-refractivity contribution is 7.98. The Morgan fingerprint density at radius 2 is 1.11 bits per heavy atom. The highest BCUT2D eigenvalue weighted by Crippen LogP contribution is 2.24. The normalized spacial score (nSPS) is 14.7. The van der Waals surface area contributed by atoms with Crippen LogP contribution in [0.2, 0.25) is 5.15 Å². The molecule has 0 atom stereocenters. The molecule has 2 aliphatic heterocycles. The number of esters is 1. The maximum Gasteiger partial charge on any atom is 0.343 e. The zero-order valence-corrected chi connectivity index (χ0v) is 34.2. The first-order valence-electron chi connectivity index (χ1n) is 17.0. The number of aromatic carboxylic acids is 1. The lowest BCUT2D eigenvalue weighted by molar-refractivity contribution is 0.0525. The summed E-state index contributed by atoms with van der Waals surface area (Å²) in [6.45, 7) is 11.4. The maximum absolute atomic E-state index is 12.1. The Hall–Kier alpha value is -3.37. The molecular formula is C33H47ClN10O7S3. The summed E-state index contributed by atoms with van der Waals surface area (Å²) in [4.78, 5) is 67.5. The molecule has 0 saturated carbocycles. The molecule has 0 radical (unpaired) electrons. The van der Waals surface area contributed by atoms with Gasteiger partial charge in [-0.05, 0) is 32.6 Å². The van der Waals surface area contributed by atoms with Crippen LogP contribution in [0.3, 0.4) is 0 Å². The molecule has 2 saturated heterocycles. The van der Waals surface area contributed by atoms with E-state index in [0.717, 1.165) is 39.3 Å². The first-order valence-corrected chi connectivity index (χ1v) is 21.0. The predicted molar refractivity (Wildman–Crippen MR) is 211 cm³/mol. The van der Waals surface area contributed by atoms with Gasteiger partial charge in [-0.2, -0.15) is 0 Å². The van der Waals surface area contributed by atoms with Gasteiger partial charge in [0.2, 0.25) is 0 Å². The number of carboxylic acid groups (broad SMARTS) is 1. The highest BCUT2D eigenvalue weighted by atomic mass is 35.5. The number of hydrogen-bond acceptors (Lipinski definition) is 19. The van der Waals surface area contributed by atoms with Crippen LogP contribution in [0.5, 0.6) is 0 Å². The van der Waals surface area contributed by atoms with Crippen LogP contribution in [-0.2, 0) is 4.74 Å². The van der Waals surface area contributed by atoms with Crippen LogP contribution >= 0.6 is 46.9 Å². The summed E-state index contributed by atoms with van der Waals surface area (Å²) in [7, 11) is 0. The lowest BCUT2D eigenvalue weighted by Crippen LogP contribution is -2.48. The summed E-state index contributed by atoms with van der Waals surface area (Å²) in [5, 5.41) is 29.2. The van der Waals surface area contributed by atoms with Crippen LogP contribution in [0.25, 0.3) is 0 Å². The second kappa shape index (κ2) is 23.5. The van der Waals surface area contributed by atoms with Crippen molar-refractivity contribution in [3.8, 4) is 0 Å². The number of β-amino-alcohol motifs (C(OH)–C–C–N with tert-alkyl or cyclic N) is 2. The van der Waals surface area contributed by atoms with Gasteiger partial charge < -0.3 is 29.9 Å². The Morgan fingerprint density at radius 3 is 1.48 bits per heavy atom. The van der Waals surface area contributed by atoms with Crippen molar-refractivity contribution < 1.29 is 34.4 Å². The molecule has 3 aromatic heterocycles. The first-order chi connectivity index (χ1) is 26.0.